The highest BCUT2D eigenvalue weighted by molar-refractivity contribution is 6.08. The number of nitrogens with zero attached hydrogens (tertiary/aromatic N) is 4. The fraction of sp³-hybridized carbons (Fsp3) is 0.190. The highest BCUT2D eigenvalue weighted by Crippen LogP contribution is 2.38. The van der Waals surface area contributed by atoms with E-state index in [0.29, 0.717) is 22.4 Å². The molecule has 1 fully saturated rings. The molecule has 1 aliphatic heterocycles. The first-order valence-corrected chi connectivity index (χ1v) is 9.29. The van der Waals surface area contributed by atoms with Crippen LogP contribution in [0.3, 0.4) is 0 Å². The van der Waals surface area contributed by atoms with Crippen LogP contribution in [0, 0.1) is 11.6 Å². The van der Waals surface area contributed by atoms with Gasteiger partial charge >= 0.3 is 5.97 Å². The quantitative estimate of drug-likeness (QED) is 0.548. The number of aromatic carboxylic acids is 1. The molecule has 30 heavy (non-hydrogen) atoms. The van der Waals surface area contributed by atoms with Crippen molar-refractivity contribution >= 4 is 28.3 Å². The third kappa shape index (κ3) is 2.85. The third-order valence-electron chi connectivity index (χ3n) is 5.38. The van der Waals surface area contributed by atoms with Crippen LogP contribution in [0.2, 0.25) is 0 Å². The Morgan fingerprint density at radius 2 is 2.00 bits per heavy atom. The molecule has 0 bridgehead atoms. The van der Waals surface area contributed by atoms with Gasteiger partial charge in [0, 0.05) is 18.2 Å². The Kier molecular flexibility index (Phi) is 4.12. The summed E-state index contributed by atoms with van der Waals surface area (Å²) in [6.07, 6.45) is 0.341. The van der Waals surface area contributed by atoms with Crippen LogP contribution < -0.4 is 4.90 Å². The Morgan fingerprint density at radius 1 is 1.17 bits per heavy atom. The summed E-state index contributed by atoms with van der Waals surface area (Å²) < 4.78 is 43.9. The zero-order valence-electron chi connectivity index (χ0n) is 15.5. The number of carboxylic acids is 1. The van der Waals surface area contributed by atoms with E-state index in [0.717, 1.165) is 18.2 Å². The van der Waals surface area contributed by atoms with Crippen LogP contribution in [-0.4, -0.2) is 38.4 Å². The lowest BCUT2D eigenvalue weighted by atomic mass is 10.0. The lowest BCUT2D eigenvalue weighted by Gasteiger charge is -2.26. The Morgan fingerprint density at radius 3 is 2.80 bits per heavy atom. The van der Waals surface area contributed by atoms with Crippen LogP contribution >= 0.6 is 0 Å². The van der Waals surface area contributed by atoms with Crippen LogP contribution in [0.4, 0.5) is 19.0 Å². The first kappa shape index (κ1) is 18.4. The van der Waals surface area contributed by atoms with Gasteiger partial charge < -0.3 is 10.0 Å². The highest BCUT2D eigenvalue weighted by atomic mass is 19.1. The van der Waals surface area contributed by atoms with Crippen molar-refractivity contribution in [3.8, 4) is 0 Å². The minimum Gasteiger partial charge on any atom is -0.478 e. The van der Waals surface area contributed by atoms with Crippen LogP contribution in [0.15, 0.2) is 48.7 Å². The van der Waals surface area contributed by atoms with Crippen LogP contribution in [0.5, 0.6) is 0 Å². The van der Waals surface area contributed by atoms with Crippen molar-refractivity contribution in [1.82, 2.24) is 14.6 Å². The van der Waals surface area contributed by atoms with E-state index in [4.69, 9.17) is 0 Å². The van der Waals surface area contributed by atoms with Gasteiger partial charge in [-0.1, -0.05) is 6.07 Å². The normalized spacial score (nSPS) is 19.1. The van der Waals surface area contributed by atoms with Gasteiger partial charge in [-0.3, -0.25) is 0 Å². The van der Waals surface area contributed by atoms with E-state index in [2.05, 4.69) is 10.1 Å². The lowest BCUT2D eigenvalue weighted by molar-refractivity contribution is 0.0699. The maximum Gasteiger partial charge on any atom is 0.336 e. The van der Waals surface area contributed by atoms with Gasteiger partial charge in [0.05, 0.1) is 29.1 Å². The second-order valence-electron chi connectivity index (χ2n) is 7.23. The molecule has 1 aliphatic rings. The first-order chi connectivity index (χ1) is 14.4. The zero-order valence-corrected chi connectivity index (χ0v) is 15.5. The average molecular weight is 412 g/mol. The molecule has 6 nitrogen and oxygen atoms in total. The monoisotopic (exact) mass is 412 g/mol. The third-order valence-corrected chi connectivity index (χ3v) is 5.38. The van der Waals surface area contributed by atoms with Crippen molar-refractivity contribution in [2.75, 3.05) is 11.4 Å². The maximum atomic E-state index is 14.4. The number of benzene rings is 2. The second-order valence-corrected chi connectivity index (χ2v) is 7.23. The molecule has 152 valence electrons. The predicted octanol–water partition coefficient (Wildman–Crippen LogP) is 4.15. The molecule has 0 spiro atoms. The van der Waals surface area contributed by atoms with E-state index in [1.165, 1.54) is 10.6 Å². The molecule has 0 unspecified atom stereocenters. The molecule has 4 aromatic rings. The summed E-state index contributed by atoms with van der Waals surface area (Å²) in [5.41, 5.74) is 0.851. The number of anilines is 1. The molecule has 5 rings (SSSR count). The van der Waals surface area contributed by atoms with Gasteiger partial charge in [0.15, 0.2) is 5.65 Å². The van der Waals surface area contributed by atoms with Gasteiger partial charge in [-0.15, -0.1) is 0 Å². The number of hydrogen-bond acceptors (Lipinski definition) is 4. The number of carbonyl (C=O) groups is 1. The predicted molar refractivity (Wildman–Crippen MR) is 103 cm³/mol. The summed E-state index contributed by atoms with van der Waals surface area (Å²) >= 11 is 0. The Bertz CT molecular complexity index is 1310. The minimum atomic E-state index is -1.24. The van der Waals surface area contributed by atoms with Crippen molar-refractivity contribution in [3.63, 3.8) is 0 Å². The van der Waals surface area contributed by atoms with Gasteiger partial charge in [-0.25, -0.2) is 27.5 Å². The molecule has 0 saturated carbocycles. The topological polar surface area (TPSA) is 70.7 Å². The summed E-state index contributed by atoms with van der Waals surface area (Å²) in [6, 6.07) is 8.69. The zero-order chi connectivity index (χ0) is 21.0. The smallest absolute Gasteiger partial charge is 0.336 e. The summed E-state index contributed by atoms with van der Waals surface area (Å²) in [4.78, 5) is 17.8. The molecule has 0 amide bonds. The van der Waals surface area contributed by atoms with E-state index in [1.807, 2.05) is 0 Å². The number of halogens is 3. The number of fused-ring (bicyclic) bond motifs is 3. The Hall–Kier alpha value is -3.62. The van der Waals surface area contributed by atoms with E-state index >= 15 is 0 Å². The fourth-order valence-electron chi connectivity index (χ4n) is 4.07. The summed E-state index contributed by atoms with van der Waals surface area (Å²) in [7, 11) is 0. The van der Waals surface area contributed by atoms with Gasteiger partial charge in [-0.05, 0) is 36.4 Å². The number of carboxylic acid groups (broad SMARTS) is 1. The van der Waals surface area contributed by atoms with Crippen molar-refractivity contribution in [2.24, 2.45) is 0 Å². The molecule has 1 N–H and O–H groups in total. The van der Waals surface area contributed by atoms with Crippen LogP contribution in [0.1, 0.15) is 28.4 Å². The Balaban J connectivity index is 1.67. The molecule has 1 saturated heterocycles. The molecule has 2 atom stereocenters. The van der Waals surface area contributed by atoms with Gasteiger partial charge in [0.25, 0.3) is 0 Å². The van der Waals surface area contributed by atoms with Crippen molar-refractivity contribution in [2.45, 2.75) is 18.6 Å². The standard InChI is InChI=1S/C21H15F3N4O2/c22-11-4-5-15(24)14(8-11)17-9-12(23)10-27(17)18-6-7-28-20(25-18)19-13(21(29)30)2-1-3-16(19)26-28/h1-8,12,17H,9-10H2,(H,29,30)/t12-,17+/m0/s1. The summed E-state index contributed by atoms with van der Waals surface area (Å²) in [5.74, 6) is -2.01. The number of rotatable bonds is 3. The summed E-state index contributed by atoms with van der Waals surface area (Å²) in [5, 5.41) is 14.2. The molecule has 2 aromatic carbocycles. The molecule has 0 radical (unpaired) electrons. The largest absolute Gasteiger partial charge is 0.478 e. The van der Waals surface area contributed by atoms with Gasteiger partial charge in [0.2, 0.25) is 0 Å². The number of alkyl halides is 1. The second kappa shape index (κ2) is 6.72. The fourth-order valence-corrected chi connectivity index (χ4v) is 4.07. The van der Waals surface area contributed by atoms with Crippen LogP contribution in [0.25, 0.3) is 16.6 Å². The molecule has 2 aromatic heterocycles. The number of aromatic nitrogens is 3. The number of hydrogen-bond donors (Lipinski definition) is 1. The maximum absolute atomic E-state index is 14.4. The minimum absolute atomic E-state index is 0.00633. The SMILES string of the molecule is O=C(O)c1cccc2nn3ccc(N4C[C@@H](F)C[C@@H]4c4cc(F)ccc4F)nc3c12. The van der Waals surface area contributed by atoms with Gasteiger partial charge in [0.1, 0.15) is 23.6 Å². The molecule has 9 heteroatoms. The van der Waals surface area contributed by atoms with Gasteiger partial charge in [-0.2, -0.15) is 5.10 Å². The Labute approximate surface area is 168 Å². The molecule has 3 heterocycles. The van der Waals surface area contributed by atoms with Crippen molar-refractivity contribution in [1.29, 1.82) is 0 Å². The van der Waals surface area contributed by atoms with E-state index in [1.54, 1.807) is 29.3 Å². The van der Waals surface area contributed by atoms with Crippen LogP contribution in [-0.2, 0) is 0 Å². The van der Waals surface area contributed by atoms with Crippen molar-refractivity contribution in [3.05, 3.63) is 71.4 Å². The first-order valence-electron chi connectivity index (χ1n) is 9.29. The molecule has 0 aliphatic carbocycles. The van der Waals surface area contributed by atoms with E-state index in [-0.39, 0.29) is 24.1 Å². The van der Waals surface area contributed by atoms with E-state index < -0.39 is 29.8 Å². The molecular formula is C21H15F3N4O2. The molecular weight excluding hydrogens is 397 g/mol. The highest BCUT2D eigenvalue weighted by Gasteiger charge is 2.36. The summed E-state index contributed by atoms with van der Waals surface area (Å²) in [6.45, 7) is -0.0400. The van der Waals surface area contributed by atoms with E-state index in [9.17, 15) is 23.1 Å². The average Bonchev–Trinajstić information content (AvgIpc) is 3.29. The van der Waals surface area contributed by atoms with Crippen molar-refractivity contribution < 1.29 is 23.1 Å². The lowest BCUT2D eigenvalue weighted by Crippen LogP contribution is -2.25.